The Morgan fingerprint density at radius 2 is 1.87 bits per heavy atom. The first-order valence-electron chi connectivity index (χ1n) is 11.0. The molecule has 0 N–H and O–H groups in total. The summed E-state index contributed by atoms with van der Waals surface area (Å²) in [6.45, 7) is 4.36. The van der Waals surface area contributed by atoms with Gasteiger partial charge in [-0.05, 0) is 61.4 Å². The first-order valence-corrected chi connectivity index (χ1v) is 11.0. The molecule has 0 aliphatic carbocycles. The first kappa shape index (κ1) is 20.9. The Morgan fingerprint density at radius 3 is 2.53 bits per heavy atom. The van der Waals surface area contributed by atoms with Crippen molar-refractivity contribution in [3.05, 3.63) is 60.2 Å². The fourth-order valence-electron chi connectivity index (χ4n) is 4.76. The van der Waals surface area contributed by atoms with Crippen LogP contribution in [0.1, 0.15) is 36.8 Å². The molecule has 2 aliphatic rings. The Hall–Kier alpha value is -2.31. The molecule has 0 radical (unpaired) electrons. The number of carbonyl (C=O) groups excluding carboxylic acids is 1. The van der Waals surface area contributed by atoms with Crippen molar-refractivity contribution in [2.75, 3.05) is 33.3 Å². The number of nitrogens with zero attached hydrogens (tertiary/aromatic N) is 4. The summed E-state index contributed by atoms with van der Waals surface area (Å²) < 4.78 is 6.19. The number of likely N-dealkylation sites (tertiary alicyclic amines) is 1. The van der Waals surface area contributed by atoms with Crippen LogP contribution in [0.5, 0.6) is 0 Å². The number of piperidine rings is 1. The molecule has 1 atom stereocenters. The lowest BCUT2D eigenvalue weighted by molar-refractivity contribution is -0.133. The zero-order valence-corrected chi connectivity index (χ0v) is 17.9. The van der Waals surface area contributed by atoms with Crippen molar-refractivity contribution in [1.29, 1.82) is 0 Å². The molecule has 30 heavy (non-hydrogen) atoms. The van der Waals surface area contributed by atoms with E-state index in [4.69, 9.17) is 4.74 Å². The van der Waals surface area contributed by atoms with E-state index in [2.05, 4.69) is 28.0 Å². The van der Waals surface area contributed by atoms with Crippen LogP contribution in [0, 0.1) is 5.41 Å². The summed E-state index contributed by atoms with van der Waals surface area (Å²) in [5.41, 5.74) is 2.60. The highest BCUT2D eigenvalue weighted by Gasteiger charge is 2.43. The second kappa shape index (κ2) is 9.67. The van der Waals surface area contributed by atoms with Crippen molar-refractivity contribution < 1.29 is 9.53 Å². The van der Waals surface area contributed by atoms with Crippen molar-refractivity contribution in [2.45, 2.75) is 44.8 Å². The highest BCUT2D eigenvalue weighted by molar-refractivity contribution is 5.76. The van der Waals surface area contributed by atoms with Crippen molar-refractivity contribution in [3.8, 4) is 0 Å². The lowest BCUT2D eigenvalue weighted by Crippen LogP contribution is -2.43. The van der Waals surface area contributed by atoms with Crippen LogP contribution < -0.4 is 0 Å². The molecule has 1 amide bonds. The van der Waals surface area contributed by atoms with E-state index in [1.807, 2.05) is 41.7 Å². The summed E-state index contributed by atoms with van der Waals surface area (Å²) >= 11 is 0. The number of likely N-dealkylation sites (N-methyl/N-ethyl adjacent to an activating group) is 1. The van der Waals surface area contributed by atoms with E-state index in [1.165, 1.54) is 5.56 Å². The maximum Gasteiger partial charge on any atom is 0.222 e. The molecule has 2 saturated heterocycles. The normalized spacial score (nSPS) is 20.7. The number of rotatable bonds is 7. The van der Waals surface area contributed by atoms with Gasteiger partial charge in [0.15, 0.2) is 0 Å². The molecule has 0 unspecified atom stereocenters. The summed E-state index contributed by atoms with van der Waals surface area (Å²) in [5, 5.41) is 0. The van der Waals surface area contributed by atoms with Crippen LogP contribution >= 0.6 is 0 Å². The first-order chi connectivity index (χ1) is 14.6. The molecule has 2 fully saturated rings. The second-order valence-corrected chi connectivity index (χ2v) is 8.94. The van der Waals surface area contributed by atoms with Gasteiger partial charge in [0.05, 0.1) is 12.7 Å². The third-order valence-electron chi connectivity index (χ3n) is 6.50. The van der Waals surface area contributed by atoms with Crippen LogP contribution in [0.4, 0.5) is 0 Å². The van der Waals surface area contributed by atoms with Gasteiger partial charge in [0.25, 0.3) is 0 Å². The summed E-state index contributed by atoms with van der Waals surface area (Å²) in [6, 6.07) is 8.06. The number of hydrogen-bond acceptors (Lipinski definition) is 5. The molecule has 4 rings (SSSR count). The summed E-state index contributed by atoms with van der Waals surface area (Å²) in [6.07, 6.45) is 12.2. The van der Waals surface area contributed by atoms with Gasteiger partial charge in [-0.3, -0.25) is 19.7 Å². The Balaban J connectivity index is 1.20. The smallest absolute Gasteiger partial charge is 0.222 e. The largest absolute Gasteiger partial charge is 0.376 e. The van der Waals surface area contributed by atoms with Crippen LogP contribution in [0.15, 0.2) is 49.1 Å². The summed E-state index contributed by atoms with van der Waals surface area (Å²) in [5.74, 6) is 0.264. The standard InChI is InChI=1S/C24H32N4O2/c1-27(17-21-5-3-11-26-16-21)18-22-14-24(19-30-22)8-12-28(13-9-24)23(29)7-6-20-4-2-10-25-15-20/h2-5,10-11,15-16,22H,6-9,12-14,17-19H2,1H3/t22-/m1/s1. The molecule has 2 aromatic rings. The summed E-state index contributed by atoms with van der Waals surface area (Å²) in [7, 11) is 2.14. The SMILES string of the molecule is CN(Cc1cccnc1)C[C@H]1CC2(CCN(C(=O)CCc3cccnc3)CC2)CO1. The molecular weight excluding hydrogens is 376 g/mol. The minimum atomic E-state index is 0.250. The van der Waals surface area contributed by atoms with Gasteiger partial charge in [-0.25, -0.2) is 0 Å². The van der Waals surface area contributed by atoms with E-state index in [9.17, 15) is 4.79 Å². The van der Waals surface area contributed by atoms with Gasteiger partial charge in [0.1, 0.15) is 0 Å². The van der Waals surface area contributed by atoms with Crippen LogP contribution in [0.3, 0.4) is 0 Å². The van der Waals surface area contributed by atoms with Crippen molar-refractivity contribution >= 4 is 5.91 Å². The number of pyridine rings is 2. The number of aryl methyl sites for hydroxylation is 1. The Bertz CT molecular complexity index is 806. The maximum absolute atomic E-state index is 12.6. The lowest BCUT2D eigenvalue weighted by Gasteiger charge is -2.38. The minimum absolute atomic E-state index is 0.250. The van der Waals surface area contributed by atoms with E-state index >= 15 is 0 Å². The lowest BCUT2D eigenvalue weighted by atomic mass is 9.76. The van der Waals surface area contributed by atoms with E-state index in [-0.39, 0.29) is 17.4 Å². The summed E-state index contributed by atoms with van der Waals surface area (Å²) in [4.78, 5) is 25.3. The quantitative estimate of drug-likeness (QED) is 0.705. The molecule has 1 spiro atoms. The number of ether oxygens (including phenoxy) is 1. The number of aromatic nitrogens is 2. The minimum Gasteiger partial charge on any atom is -0.376 e. The maximum atomic E-state index is 12.6. The molecule has 160 valence electrons. The van der Waals surface area contributed by atoms with Gasteiger partial charge in [0.2, 0.25) is 5.91 Å². The third-order valence-corrected chi connectivity index (χ3v) is 6.50. The Kier molecular flexibility index (Phi) is 6.75. The van der Waals surface area contributed by atoms with Crippen LogP contribution in [0.2, 0.25) is 0 Å². The van der Waals surface area contributed by atoms with Gasteiger partial charge in [-0.1, -0.05) is 12.1 Å². The van der Waals surface area contributed by atoms with Gasteiger partial charge < -0.3 is 9.64 Å². The Morgan fingerprint density at radius 1 is 1.17 bits per heavy atom. The molecular formula is C24H32N4O2. The average Bonchev–Trinajstić information content (AvgIpc) is 3.15. The van der Waals surface area contributed by atoms with Crippen LogP contribution in [0.25, 0.3) is 0 Å². The monoisotopic (exact) mass is 408 g/mol. The van der Waals surface area contributed by atoms with E-state index in [1.54, 1.807) is 6.20 Å². The fourth-order valence-corrected chi connectivity index (χ4v) is 4.76. The van der Waals surface area contributed by atoms with Gasteiger partial charge in [-0.2, -0.15) is 0 Å². The predicted molar refractivity (Wildman–Crippen MR) is 116 cm³/mol. The van der Waals surface area contributed by atoms with Crippen LogP contribution in [-0.2, 0) is 22.5 Å². The highest BCUT2D eigenvalue weighted by Crippen LogP contribution is 2.42. The number of carbonyl (C=O) groups is 1. The average molecular weight is 409 g/mol. The van der Waals surface area contributed by atoms with E-state index in [0.29, 0.717) is 6.42 Å². The van der Waals surface area contributed by atoms with Crippen molar-refractivity contribution in [3.63, 3.8) is 0 Å². The predicted octanol–water partition coefficient (Wildman–Crippen LogP) is 2.94. The third kappa shape index (κ3) is 5.43. The molecule has 0 bridgehead atoms. The highest BCUT2D eigenvalue weighted by atomic mass is 16.5. The topological polar surface area (TPSA) is 58.6 Å². The molecule has 0 aromatic carbocycles. The molecule has 6 heteroatoms. The van der Waals surface area contributed by atoms with Crippen molar-refractivity contribution in [1.82, 2.24) is 19.8 Å². The van der Waals surface area contributed by atoms with E-state index in [0.717, 1.165) is 64.0 Å². The molecule has 2 aliphatic heterocycles. The zero-order valence-electron chi connectivity index (χ0n) is 17.9. The van der Waals surface area contributed by atoms with Crippen LogP contribution in [-0.4, -0.2) is 65.1 Å². The van der Waals surface area contributed by atoms with Crippen molar-refractivity contribution in [2.24, 2.45) is 5.41 Å². The van der Waals surface area contributed by atoms with Gasteiger partial charge >= 0.3 is 0 Å². The van der Waals surface area contributed by atoms with E-state index < -0.39 is 0 Å². The second-order valence-electron chi connectivity index (χ2n) is 8.94. The number of hydrogen-bond donors (Lipinski definition) is 0. The fraction of sp³-hybridized carbons (Fsp3) is 0.542. The molecule has 0 saturated carbocycles. The zero-order chi connectivity index (χ0) is 20.8. The van der Waals surface area contributed by atoms with Gasteiger partial charge in [-0.15, -0.1) is 0 Å². The molecule has 2 aromatic heterocycles. The molecule has 6 nitrogen and oxygen atoms in total. The molecule has 4 heterocycles. The number of amides is 1. The van der Waals surface area contributed by atoms with Gasteiger partial charge in [0, 0.05) is 57.4 Å². The Labute approximate surface area is 179 Å².